The molecule has 1 atom stereocenters. The van der Waals surface area contributed by atoms with Gasteiger partial charge in [-0.1, -0.05) is 6.92 Å². The zero-order valence-electron chi connectivity index (χ0n) is 10.4. The molecule has 2 aromatic rings. The number of hydrogen-bond donors (Lipinski definition) is 2. The summed E-state index contributed by atoms with van der Waals surface area (Å²) in [6.07, 6.45) is 3.41. The average Bonchev–Trinajstić information content (AvgIpc) is 2.89. The topological polar surface area (TPSA) is 49.9 Å². The number of nitrogens with one attached hydrogen (secondary N) is 2. The van der Waals surface area contributed by atoms with Crippen LogP contribution in [0.3, 0.4) is 0 Å². The van der Waals surface area contributed by atoms with E-state index in [1.165, 1.54) is 12.1 Å². The van der Waals surface area contributed by atoms with E-state index in [1.807, 2.05) is 6.92 Å². The zero-order valence-corrected chi connectivity index (χ0v) is 10.4. The van der Waals surface area contributed by atoms with Crippen molar-refractivity contribution in [2.24, 2.45) is 0 Å². The third kappa shape index (κ3) is 2.51. The highest BCUT2D eigenvalue weighted by molar-refractivity contribution is 5.39. The summed E-state index contributed by atoms with van der Waals surface area (Å²) in [6.45, 7) is 2.73. The fourth-order valence-electron chi connectivity index (χ4n) is 1.92. The van der Waals surface area contributed by atoms with E-state index in [0.29, 0.717) is 5.75 Å². The van der Waals surface area contributed by atoms with Gasteiger partial charge in [-0.15, -0.1) is 0 Å². The van der Waals surface area contributed by atoms with Gasteiger partial charge in [0.15, 0.2) is 0 Å². The van der Waals surface area contributed by atoms with E-state index < -0.39 is 0 Å². The Morgan fingerprint density at radius 1 is 1.50 bits per heavy atom. The van der Waals surface area contributed by atoms with E-state index in [2.05, 4.69) is 15.3 Å². The third-order valence-electron chi connectivity index (χ3n) is 2.70. The number of nitrogens with zero attached hydrogens (tertiary/aromatic N) is 1. The van der Waals surface area contributed by atoms with Gasteiger partial charge in [0.25, 0.3) is 0 Å². The van der Waals surface area contributed by atoms with Crippen molar-refractivity contribution >= 4 is 0 Å². The molecule has 0 saturated heterocycles. The quantitative estimate of drug-likeness (QED) is 0.854. The summed E-state index contributed by atoms with van der Waals surface area (Å²) in [7, 11) is 1.57. The maximum atomic E-state index is 13.4. The Kier molecular flexibility index (Phi) is 3.94. The molecule has 5 heteroatoms. The number of methoxy groups -OCH3 is 1. The molecule has 0 radical (unpaired) electrons. The number of rotatable bonds is 5. The van der Waals surface area contributed by atoms with Crippen molar-refractivity contribution in [3.8, 4) is 5.75 Å². The van der Waals surface area contributed by atoms with Crippen LogP contribution in [0.1, 0.15) is 24.4 Å². The predicted octanol–water partition coefficient (Wildman–Crippen LogP) is 2.26. The highest BCUT2D eigenvalue weighted by Crippen LogP contribution is 2.29. The van der Waals surface area contributed by atoms with Crippen molar-refractivity contribution in [2.45, 2.75) is 13.0 Å². The van der Waals surface area contributed by atoms with Gasteiger partial charge in [-0.2, -0.15) is 0 Å². The normalized spacial score (nSPS) is 12.4. The summed E-state index contributed by atoms with van der Waals surface area (Å²) in [6, 6.07) is 4.26. The van der Waals surface area contributed by atoms with Crippen LogP contribution in [0.2, 0.25) is 0 Å². The zero-order chi connectivity index (χ0) is 13.0. The maximum Gasteiger partial charge on any atom is 0.127 e. The number of aromatic nitrogens is 2. The Morgan fingerprint density at radius 2 is 2.33 bits per heavy atom. The lowest BCUT2D eigenvalue weighted by atomic mass is 10.0. The molecule has 4 nitrogen and oxygen atoms in total. The van der Waals surface area contributed by atoms with Crippen molar-refractivity contribution < 1.29 is 9.13 Å². The lowest BCUT2D eigenvalue weighted by Crippen LogP contribution is -2.23. The Labute approximate surface area is 105 Å². The molecular weight excluding hydrogens is 233 g/mol. The molecule has 18 heavy (non-hydrogen) atoms. The van der Waals surface area contributed by atoms with Gasteiger partial charge in [-0.05, 0) is 24.7 Å². The van der Waals surface area contributed by atoms with E-state index in [4.69, 9.17) is 4.74 Å². The summed E-state index contributed by atoms with van der Waals surface area (Å²) in [4.78, 5) is 7.26. The predicted molar refractivity (Wildman–Crippen MR) is 67.1 cm³/mol. The number of hydrogen-bond acceptors (Lipinski definition) is 3. The van der Waals surface area contributed by atoms with Crippen LogP contribution in [0.4, 0.5) is 4.39 Å². The molecule has 0 amide bonds. The van der Waals surface area contributed by atoms with Crippen LogP contribution in [0.5, 0.6) is 5.75 Å². The van der Waals surface area contributed by atoms with E-state index >= 15 is 0 Å². The number of ether oxygens (including phenoxy) is 1. The molecule has 2 rings (SSSR count). The summed E-state index contributed by atoms with van der Waals surface area (Å²) < 4.78 is 18.7. The summed E-state index contributed by atoms with van der Waals surface area (Å²) >= 11 is 0. The minimum Gasteiger partial charge on any atom is -0.496 e. The highest BCUT2D eigenvalue weighted by atomic mass is 19.1. The molecular formula is C13H16FN3O. The van der Waals surface area contributed by atoms with E-state index in [1.54, 1.807) is 25.6 Å². The molecule has 0 aliphatic heterocycles. The second-order valence-corrected chi connectivity index (χ2v) is 3.85. The molecule has 0 bridgehead atoms. The van der Waals surface area contributed by atoms with E-state index in [0.717, 1.165) is 17.9 Å². The van der Waals surface area contributed by atoms with Gasteiger partial charge in [0.2, 0.25) is 0 Å². The highest BCUT2D eigenvalue weighted by Gasteiger charge is 2.20. The molecule has 1 heterocycles. The minimum atomic E-state index is -0.291. The second-order valence-electron chi connectivity index (χ2n) is 3.85. The maximum absolute atomic E-state index is 13.4. The van der Waals surface area contributed by atoms with E-state index in [9.17, 15) is 4.39 Å². The van der Waals surface area contributed by atoms with Crippen LogP contribution >= 0.6 is 0 Å². The number of imidazole rings is 1. The molecule has 0 aliphatic rings. The standard InChI is InChI=1S/C13H16FN3O/c1-3-15-12(13-16-6-7-17-13)10-8-9(14)4-5-11(10)18-2/h4-8,12,15H,3H2,1-2H3,(H,16,17). The first-order valence-electron chi connectivity index (χ1n) is 5.82. The van der Waals surface area contributed by atoms with Crippen molar-refractivity contribution in [1.29, 1.82) is 0 Å². The smallest absolute Gasteiger partial charge is 0.127 e. The molecule has 1 aromatic carbocycles. The van der Waals surface area contributed by atoms with Crippen LogP contribution in [-0.4, -0.2) is 23.6 Å². The summed E-state index contributed by atoms with van der Waals surface area (Å²) in [5.74, 6) is 1.08. The Balaban J connectivity index is 2.45. The fourth-order valence-corrected chi connectivity index (χ4v) is 1.92. The van der Waals surface area contributed by atoms with Gasteiger partial charge in [-0.25, -0.2) is 9.37 Å². The first kappa shape index (κ1) is 12.6. The average molecular weight is 249 g/mol. The van der Waals surface area contributed by atoms with Crippen LogP contribution in [0, 0.1) is 5.82 Å². The lowest BCUT2D eigenvalue weighted by Gasteiger charge is -2.18. The van der Waals surface area contributed by atoms with Gasteiger partial charge >= 0.3 is 0 Å². The van der Waals surface area contributed by atoms with Gasteiger partial charge < -0.3 is 15.0 Å². The minimum absolute atomic E-state index is 0.212. The van der Waals surface area contributed by atoms with E-state index in [-0.39, 0.29) is 11.9 Å². The lowest BCUT2D eigenvalue weighted by molar-refractivity contribution is 0.401. The largest absolute Gasteiger partial charge is 0.496 e. The van der Waals surface area contributed by atoms with Crippen molar-refractivity contribution in [3.05, 3.63) is 47.8 Å². The van der Waals surface area contributed by atoms with Crippen molar-refractivity contribution in [2.75, 3.05) is 13.7 Å². The van der Waals surface area contributed by atoms with Crippen molar-refractivity contribution in [1.82, 2.24) is 15.3 Å². The third-order valence-corrected chi connectivity index (χ3v) is 2.70. The van der Waals surface area contributed by atoms with Crippen molar-refractivity contribution in [3.63, 3.8) is 0 Å². The fraction of sp³-hybridized carbons (Fsp3) is 0.308. The van der Waals surface area contributed by atoms with Gasteiger partial charge in [0, 0.05) is 18.0 Å². The first-order valence-corrected chi connectivity index (χ1v) is 5.82. The number of halogens is 1. The molecule has 0 aliphatic carbocycles. The van der Waals surface area contributed by atoms with Crippen LogP contribution in [0.25, 0.3) is 0 Å². The summed E-state index contributed by atoms with van der Waals surface area (Å²) in [5.41, 5.74) is 0.731. The molecule has 0 fully saturated rings. The van der Waals surface area contributed by atoms with Crippen LogP contribution < -0.4 is 10.1 Å². The van der Waals surface area contributed by atoms with Crippen LogP contribution in [0.15, 0.2) is 30.6 Å². The molecule has 1 aromatic heterocycles. The Bertz CT molecular complexity index is 499. The molecule has 0 saturated carbocycles. The molecule has 1 unspecified atom stereocenters. The number of H-pyrrole nitrogens is 1. The summed E-state index contributed by atoms with van der Waals surface area (Å²) in [5, 5.41) is 3.26. The monoisotopic (exact) mass is 249 g/mol. The Morgan fingerprint density at radius 3 is 2.94 bits per heavy atom. The van der Waals surface area contributed by atoms with Gasteiger partial charge in [0.1, 0.15) is 17.4 Å². The van der Waals surface area contributed by atoms with Crippen LogP contribution in [-0.2, 0) is 0 Å². The first-order chi connectivity index (χ1) is 8.76. The van der Waals surface area contributed by atoms with Gasteiger partial charge in [-0.3, -0.25) is 0 Å². The number of benzene rings is 1. The SMILES string of the molecule is CCNC(c1ncc[nH]1)c1cc(F)ccc1OC. The van der Waals surface area contributed by atoms with Gasteiger partial charge in [0.05, 0.1) is 13.2 Å². The Hall–Kier alpha value is -1.88. The number of aromatic amines is 1. The molecule has 96 valence electrons. The second kappa shape index (κ2) is 5.64. The molecule has 0 spiro atoms. The molecule has 2 N–H and O–H groups in total.